The Bertz CT molecular complexity index is 1030. The smallest absolute Gasteiger partial charge is 0.181 e. The number of hydrogen-bond acceptors (Lipinski definition) is 5. The number of ether oxygens (including phenoxy) is 3. The van der Waals surface area contributed by atoms with Crippen LogP contribution in [0.3, 0.4) is 0 Å². The standard InChI is InChI=1S/C28H40O5S/c1-19-11-12-23(28(18-19)31-15-16-32-28)20(2)17-24(34(29,30)22-9-7-6-8-10-22)25-21(3)26(4)13-14-27(25,5)33-26/h6-10,19,21,23-25H,2,11-18H2,1,3-5H3/t19-,21-,23+,24+,25+,26+,27-/m1/s1. The molecule has 1 aliphatic carbocycles. The first-order valence-corrected chi connectivity index (χ1v) is 14.5. The topological polar surface area (TPSA) is 61.8 Å². The molecule has 3 aliphatic heterocycles. The Morgan fingerprint density at radius 3 is 2.32 bits per heavy atom. The third kappa shape index (κ3) is 3.80. The molecule has 2 bridgehead atoms. The van der Waals surface area contributed by atoms with E-state index >= 15 is 0 Å². The van der Waals surface area contributed by atoms with E-state index in [9.17, 15) is 8.42 Å². The lowest BCUT2D eigenvalue weighted by Gasteiger charge is -2.45. The predicted molar refractivity (Wildman–Crippen MR) is 132 cm³/mol. The van der Waals surface area contributed by atoms with E-state index in [0.717, 1.165) is 37.7 Å². The molecule has 0 aromatic heterocycles. The van der Waals surface area contributed by atoms with E-state index in [-0.39, 0.29) is 23.4 Å². The van der Waals surface area contributed by atoms with Gasteiger partial charge in [-0.25, -0.2) is 8.42 Å². The van der Waals surface area contributed by atoms with E-state index in [2.05, 4.69) is 34.3 Å². The molecule has 5 rings (SSSR count). The Hall–Kier alpha value is -1.21. The fourth-order valence-corrected chi connectivity index (χ4v) is 9.86. The van der Waals surface area contributed by atoms with Gasteiger partial charge in [0.2, 0.25) is 0 Å². The van der Waals surface area contributed by atoms with Crippen molar-refractivity contribution in [1.29, 1.82) is 0 Å². The van der Waals surface area contributed by atoms with E-state index in [0.29, 0.717) is 30.4 Å². The van der Waals surface area contributed by atoms with Crippen molar-refractivity contribution >= 4 is 9.84 Å². The summed E-state index contributed by atoms with van der Waals surface area (Å²) in [5.41, 5.74) is 0.229. The first kappa shape index (κ1) is 24.5. The Morgan fingerprint density at radius 1 is 1.06 bits per heavy atom. The molecule has 0 radical (unpaired) electrons. The lowest BCUT2D eigenvalue weighted by Crippen LogP contribution is -2.49. The number of sulfone groups is 1. The van der Waals surface area contributed by atoms with Gasteiger partial charge in [-0.05, 0) is 69.9 Å². The van der Waals surface area contributed by atoms with E-state index in [1.165, 1.54) is 0 Å². The fourth-order valence-electron chi connectivity index (χ4n) is 7.63. The molecule has 0 N–H and O–H groups in total. The summed E-state index contributed by atoms with van der Waals surface area (Å²) in [6.07, 6.45) is 5.12. The van der Waals surface area contributed by atoms with Crippen LogP contribution in [0.15, 0.2) is 47.4 Å². The van der Waals surface area contributed by atoms with Crippen molar-refractivity contribution in [3.63, 3.8) is 0 Å². The molecule has 3 saturated heterocycles. The maximum absolute atomic E-state index is 14.2. The third-order valence-corrected chi connectivity index (χ3v) is 11.7. The van der Waals surface area contributed by atoms with Crippen molar-refractivity contribution in [3.8, 4) is 0 Å². The third-order valence-electron chi connectivity index (χ3n) is 9.51. The Morgan fingerprint density at radius 2 is 1.71 bits per heavy atom. The van der Waals surface area contributed by atoms with Gasteiger partial charge < -0.3 is 14.2 Å². The molecule has 188 valence electrons. The number of rotatable bonds is 6. The molecular weight excluding hydrogens is 448 g/mol. The highest BCUT2D eigenvalue weighted by Crippen LogP contribution is 2.60. The molecule has 6 heteroatoms. The first-order valence-electron chi connectivity index (χ1n) is 13.0. The van der Waals surface area contributed by atoms with Gasteiger partial charge >= 0.3 is 0 Å². The predicted octanol–water partition coefficient (Wildman–Crippen LogP) is 5.55. The van der Waals surface area contributed by atoms with Gasteiger partial charge in [-0.15, -0.1) is 0 Å². The summed E-state index contributed by atoms with van der Waals surface area (Å²) in [6.45, 7) is 14.4. The van der Waals surface area contributed by atoms with Gasteiger partial charge in [0.05, 0.1) is 34.6 Å². The van der Waals surface area contributed by atoms with Crippen LogP contribution < -0.4 is 0 Å². The lowest BCUT2D eigenvalue weighted by atomic mass is 9.65. The molecule has 0 amide bonds. The van der Waals surface area contributed by atoms with Crippen LogP contribution in [0.4, 0.5) is 0 Å². The van der Waals surface area contributed by atoms with Crippen LogP contribution in [-0.2, 0) is 24.0 Å². The molecule has 5 nitrogen and oxygen atoms in total. The second-order valence-electron chi connectivity index (χ2n) is 11.7. The Labute approximate surface area is 205 Å². The first-order chi connectivity index (χ1) is 16.0. The zero-order chi connectivity index (χ0) is 24.4. The van der Waals surface area contributed by atoms with Crippen molar-refractivity contribution in [1.82, 2.24) is 0 Å². The zero-order valence-electron chi connectivity index (χ0n) is 21.1. The van der Waals surface area contributed by atoms with Crippen LogP contribution in [0.2, 0.25) is 0 Å². The van der Waals surface area contributed by atoms with Gasteiger partial charge in [0, 0.05) is 18.3 Å². The van der Waals surface area contributed by atoms with Crippen molar-refractivity contribution in [3.05, 3.63) is 42.5 Å². The van der Waals surface area contributed by atoms with Gasteiger partial charge in [0.1, 0.15) is 0 Å². The second-order valence-corrected chi connectivity index (χ2v) is 13.9. The molecule has 4 aliphatic rings. The molecule has 0 unspecified atom stereocenters. The van der Waals surface area contributed by atoms with Crippen molar-refractivity contribution < 1.29 is 22.6 Å². The Balaban J connectivity index is 1.51. The summed E-state index contributed by atoms with van der Waals surface area (Å²) in [5, 5.41) is -0.595. The van der Waals surface area contributed by atoms with E-state index < -0.39 is 26.5 Å². The fraction of sp³-hybridized carbons (Fsp3) is 0.714. The highest BCUT2D eigenvalue weighted by Gasteiger charge is 2.65. The van der Waals surface area contributed by atoms with Gasteiger partial charge in [-0.3, -0.25) is 0 Å². The monoisotopic (exact) mass is 488 g/mol. The van der Waals surface area contributed by atoms with Gasteiger partial charge in [-0.2, -0.15) is 0 Å². The van der Waals surface area contributed by atoms with Crippen LogP contribution in [-0.4, -0.2) is 43.9 Å². The quantitative estimate of drug-likeness (QED) is 0.492. The number of benzene rings is 1. The molecular formula is C28H40O5S. The minimum absolute atomic E-state index is 0.0119. The maximum Gasteiger partial charge on any atom is 0.181 e. The van der Waals surface area contributed by atoms with Gasteiger partial charge in [0.25, 0.3) is 0 Å². The van der Waals surface area contributed by atoms with Gasteiger partial charge in [-0.1, -0.05) is 44.2 Å². The van der Waals surface area contributed by atoms with Crippen LogP contribution >= 0.6 is 0 Å². The summed E-state index contributed by atoms with van der Waals surface area (Å²) in [7, 11) is -3.61. The molecule has 1 saturated carbocycles. The van der Waals surface area contributed by atoms with E-state index in [4.69, 9.17) is 14.2 Å². The minimum Gasteiger partial charge on any atom is -0.368 e. The average Bonchev–Trinajstić information content (AvgIpc) is 3.43. The minimum atomic E-state index is -3.61. The molecule has 1 aromatic rings. The molecule has 7 atom stereocenters. The van der Waals surface area contributed by atoms with Crippen molar-refractivity contribution in [2.24, 2.45) is 23.7 Å². The zero-order valence-corrected chi connectivity index (χ0v) is 21.9. The lowest BCUT2D eigenvalue weighted by molar-refractivity contribution is -0.212. The van der Waals surface area contributed by atoms with Crippen LogP contribution in [0.25, 0.3) is 0 Å². The van der Waals surface area contributed by atoms with Crippen LogP contribution in [0.5, 0.6) is 0 Å². The maximum atomic E-state index is 14.2. The Kier molecular flexibility index (Phi) is 6.07. The summed E-state index contributed by atoms with van der Waals surface area (Å²) in [5.74, 6) is -0.0802. The SMILES string of the molecule is C=C(C[C@@H]([C@@H]1[C@@H](C)[C@]2(C)CC[C@@]1(C)O2)S(=O)(=O)c1ccccc1)[C@@H]1CC[C@@H](C)CC12OCCO2. The number of hydrogen-bond donors (Lipinski definition) is 0. The summed E-state index contributed by atoms with van der Waals surface area (Å²) in [6, 6.07) is 8.92. The average molecular weight is 489 g/mol. The molecule has 4 fully saturated rings. The molecule has 34 heavy (non-hydrogen) atoms. The van der Waals surface area contributed by atoms with Crippen molar-refractivity contribution in [2.45, 2.75) is 93.4 Å². The molecule has 1 spiro atoms. The van der Waals surface area contributed by atoms with Gasteiger partial charge in [0.15, 0.2) is 15.6 Å². The largest absolute Gasteiger partial charge is 0.368 e. The summed E-state index contributed by atoms with van der Waals surface area (Å²) >= 11 is 0. The highest BCUT2D eigenvalue weighted by atomic mass is 32.2. The summed E-state index contributed by atoms with van der Waals surface area (Å²) in [4.78, 5) is 0.386. The van der Waals surface area contributed by atoms with E-state index in [1.807, 2.05) is 6.07 Å². The number of fused-ring (bicyclic) bond motifs is 2. The molecule has 1 aromatic carbocycles. The van der Waals surface area contributed by atoms with Crippen LogP contribution in [0.1, 0.15) is 66.2 Å². The molecule has 3 heterocycles. The van der Waals surface area contributed by atoms with Crippen molar-refractivity contribution in [2.75, 3.05) is 13.2 Å². The summed E-state index contributed by atoms with van der Waals surface area (Å²) < 4.78 is 47.4. The normalized spacial score (nSPS) is 40.0. The van der Waals surface area contributed by atoms with Crippen LogP contribution in [0, 0.1) is 23.7 Å². The highest BCUT2D eigenvalue weighted by molar-refractivity contribution is 7.92. The second kappa shape index (κ2) is 8.43. The van der Waals surface area contributed by atoms with E-state index in [1.54, 1.807) is 24.3 Å².